The molecule has 0 bridgehead atoms. The van der Waals surface area contributed by atoms with Crippen LogP contribution in [0.4, 0.5) is 10.1 Å². The molecule has 1 aliphatic heterocycles. The van der Waals surface area contributed by atoms with Gasteiger partial charge in [0, 0.05) is 18.8 Å². The number of hydrogen-bond donors (Lipinski definition) is 1. The number of halogens is 1. The molecule has 1 atom stereocenters. The Morgan fingerprint density at radius 1 is 1.27 bits per heavy atom. The van der Waals surface area contributed by atoms with Crippen molar-refractivity contribution in [2.24, 2.45) is 5.41 Å². The van der Waals surface area contributed by atoms with Crippen molar-refractivity contribution in [3.63, 3.8) is 0 Å². The molecule has 2 rings (SSSR count). The summed E-state index contributed by atoms with van der Waals surface area (Å²) in [5.74, 6) is -0.725. The van der Waals surface area contributed by atoms with Gasteiger partial charge in [-0.2, -0.15) is 0 Å². The van der Waals surface area contributed by atoms with E-state index in [0.29, 0.717) is 31.8 Å². The van der Waals surface area contributed by atoms with E-state index in [0.717, 1.165) is 0 Å². The molecular weight excluding hydrogens is 359 g/mol. The number of ether oxygens (including phenoxy) is 1. The summed E-state index contributed by atoms with van der Waals surface area (Å²) in [6.45, 7) is 4.74. The topological polar surface area (TPSA) is 75.7 Å². The monoisotopic (exact) mass is 382 g/mol. The van der Waals surface area contributed by atoms with Gasteiger partial charge in [0.2, 0.25) is 11.8 Å². The van der Waals surface area contributed by atoms with Crippen molar-refractivity contribution < 1.29 is 23.5 Å². The first-order valence-corrected chi connectivity index (χ1v) is 9.57. The second-order valence-electron chi connectivity index (χ2n) is 6.39. The molecule has 0 radical (unpaired) electrons. The van der Waals surface area contributed by atoms with E-state index in [9.17, 15) is 18.8 Å². The standard InChI is InChI=1S/C18H23FN2O4S/c1-3-25-17(24)18(2)8-9-21(12-18)16(23)11-26-10-15(22)20-14-6-4-13(19)5-7-14/h4-7H,3,8-12H2,1-2H3,(H,20,22). The van der Waals surface area contributed by atoms with E-state index in [2.05, 4.69) is 5.32 Å². The molecule has 0 saturated carbocycles. The zero-order valence-corrected chi connectivity index (χ0v) is 15.7. The predicted octanol–water partition coefficient (Wildman–Crippen LogP) is 2.30. The molecule has 26 heavy (non-hydrogen) atoms. The highest BCUT2D eigenvalue weighted by molar-refractivity contribution is 8.00. The molecule has 1 N–H and O–H groups in total. The van der Waals surface area contributed by atoms with Crippen LogP contribution in [0.1, 0.15) is 20.3 Å². The Morgan fingerprint density at radius 3 is 2.62 bits per heavy atom. The maximum atomic E-state index is 12.8. The lowest BCUT2D eigenvalue weighted by Crippen LogP contribution is -2.36. The van der Waals surface area contributed by atoms with Crippen LogP contribution in [-0.2, 0) is 19.1 Å². The molecule has 1 aromatic carbocycles. The third-order valence-electron chi connectivity index (χ3n) is 4.18. The summed E-state index contributed by atoms with van der Waals surface area (Å²) in [7, 11) is 0. The summed E-state index contributed by atoms with van der Waals surface area (Å²) in [4.78, 5) is 37.8. The number of nitrogens with one attached hydrogen (secondary N) is 1. The number of likely N-dealkylation sites (tertiary alicyclic amines) is 1. The zero-order valence-electron chi connectivity index (χ0n) is 14.9. The Kier molecular flexibility index (Phi) is 7.02. The van der Waals surface area contributed by atoms with Crippen molar-refractivity contribution >= 4 is 35.2 Å². The van der Waals surface area contributed by atoms with Gasteiger partial charge in [-0.25, -0.2) is 4.39 Å². The van der Waals surface area contributed by atoms with Gasteiger partial charge in [-0.05, 0) is 44.5 Å². The Morgan fingerprint density at radius 2 is 1.96 bits per heavy atom. The highest BCUT2D eigenvalue weighted by Crippen LogP contribution is 2.31. The number of anilines is 1. The van der Waals surface area contributed by atoms with Crippen LogP contribution in [0, 0.1) is 11.2 Å². The number of thioether (sulfide) groups is 1. The largest absolute Gasteiger partial charge is 0.466 e. The van der Waals surface area contributed by atoms with Gasteiger partial charge in [-0.1, -0.05) is 0 Å². The van der Waals surface area contributed by atoms with Gasteiger partial charge >= 0.3 is 5.97 Å². The first-order chi connectivity index (χ1) is 12.3. The molecule has 1 aromatic rings. The number of amides is 2. The average Bonchev–Trinajstić information content (AvgIpc) is 3.01. The number of carbonyl (C=O) groups is 3. The van der Waals surface area contributed by atoms with Gasteiger partial charge in [0.1, 0.15) is 5.82 Å². The average molecular weight is 382 g/mol. The Balaban J connectivity index is 1.72. The van der Waals surface area contributed by atoms with Crippen molar-refractivity contribution in [1.82, 2.24) is 4.90 Å². The smallest absolute Gasteiger partial charge is 0.313 e. The summed E-state index contributed by atoms with van der Waals surface area (Å²) in [6.07, 6.45) is 0.577. The van der Waals surface area contributed by atoms with Crippen LogP contribution in [0.15, 0.2) is 24.3 Å². The van der Waals surface area contributed by atoms with Gasteiger partial charge in [-0.15, -0.1) is 11.8 Å². The maximum absolute atomic E-state index is 12.8. The van der Waals surface area contributed by atoms with Crippen LogP contribution in [-0.4, -0.2) is 53.9 Å². The zero-order chi connectivity index (χ0) is 19.2. The van der Waals surface area contributed by atoms with Crippen molar-refractivity contribution in [3.05, 3.63) is 30.1 Å². The van der Waals surface area contributed by atoms with Crippen LogP contribution >= 0.6 is 11.8 Å². The SMILES string of the molecule is CCOC(=O)C1(C)CCN(C(=O)CSCC(=O)Nc2ccc(F)cc2)C1. The maximum Gasteiger partial charge on any atom is 0.313 e. The van der Waals surface area contributed by atoms with Gasteiger partial charge in [-0.3, -0.25) is 14.4 Å². The van der Waals surface area contributed by atoms with Crippen LogP contribution in [0.2, 0.25) is 0 Å². The van der Waals surface area contributed by atoms with E-state index in [4.69, 9.17) is 4.74 Å². The summed E-state index contributed by atoms with van der Waals surface area (Å²) in [5, 5.41) is 2.64. The van der Waals surface area contributed by atoms with E-state index in [-0.39, 0.29) is 35.1 Å². The molecule has 0 aromatic heterocycles. The predicted molar refractivity (Wildman–Crippen MR) is 98.3 cm³/mol. The lowest BCUT2D eigenvalue weighted by atomic mass is 9.90. The van der Waals surface area contributed by atoms with Crippen molar-refractivity contribution in [2.45, 2.75) is 20.3 Å². The summed E-state index contributed by atoms with van der Waals surface area (Å²) >= 11 is 1.20. The minimum Gasteiger partial charge on any atom is -0.466 e. The number of hydrogen-bond acceptors (Lipinski definition) is 5. The molecule has 1 heterocycles. The molecule has 0 spiro atoms. The second kappa shape index (κ2) is 9.02. The number of carbonyl (C=O) groups excluding carboxylic acids is 3. The fourth-order valence-electron chi connectivity index (χ4n) is 2.70. The summed E-state index contributed by atoms with van der Waals surface area (Å²) < 4.78 is 17.9. The van der Waals surface area contributed by atoms with Crippen LogP contribution in [0.25, 0.3) is 0 Å². The molecule has 1 fully saturated rings. The van der Waals surface area contributed by atoms with E-state index >= 15 is 0 Å². The molecule has 2 amide bonds. The lowest BCUT2D eigenvalue weighted by Gasteiger charge is -2.22. The first kappa shape index (κ1) is 20.2. The van der Waals surface area contributed by atoms with Gasteiger partial charge in [0.25, 0.3) is 0 Å². The van der Waals surface area contributed by atoms with E-state index in [1.807, 2.05) is 6.92 Å². The third-order valence-corrected chi connectivity index (χ3v) is 5.10. The van der Waals surface area contributed by atoms with Gasteiger partial charge < -0.3 is 15.0 Å². The van der Waals surface area contributed by atoms with E-state index < -0.39 is 5.41 Å². The lowest BCUT2D eigenvalue weighted by molar-refractivity contribution is -0.153. The van der Waals surface area contributed by atoms with Gasteiger partial charge in [0.15, 0.2) is 0 Å². The molecular formula is C18H23FN2O4S. The summed E-state index contributed by atoms with van der Waals surface area (Å²) in [6, 6.07) is 5.48. The van der Waals surface area contributed by atoms with Crippen molar-refractivity contribution in [3.8, 4) is 0 Å². The molecule has 8 heteroatoms. The second-order valence-corrected chi connectivity index (χ2v) is 7.38. The van der Waals surface area contributed by atoms with Gasteiger partial charge in [0.05, 0.1) is 23.5 Å². The number of esters is 1. The normalized spacial score (nSPS) is 19.3. The van der Waals surface area contributed by atoms with E-state index in [1.54, 1.807) is 11.8 Å². The molecule has 0 aliphatic carbocycles. The highest BCUT2D eigenvalue weighted by atomic mass is 32.2. The third kappa shape index (κ3) is 5.45. The molecule has 1 aliphatic rings. The fourth-order valence-corrected chi connectivity index (χ4v) is 3.42. The highest BCUT2D eigenvalue weighted by Gasteiger charge is 2.43. The Bertz CT molecular complexity index is 668. The van der Waals surface area contributed by atoms with Crippen LogP contribution < -0.4 is 5.32 Å². The number of benzene rings is 1. The Hall–Kier alpha value is -2.09. The molecule has 6 nitrogen and oxygen atoms in total. The Labute approximate surface area is 156 Å². The summed E-state index contributed by atoms with van der Waals surface area (Å²) in [5.41, 5.74) is -0.149. The van der Waals surface area contributed by atoms with Crippen LogP contribution in [0.3, 0.4) is 0 Å². The number of nitrogens with zero attached hydrogens (tertiary/aromatic N) is 1. The number of rotatable bonds is 7. The molecule has 1 unspecified atom stereocenters. The molecule has 1 saturated heterocycles. The quantitative estimate of drug-likeness (QED) is 0.733. The molecule has 142 valence electrons. The van der Waals surface area contributed by atoms with Crippen LogP contribution in [0.5, 0.6) is 0 Å². The minimum absolute atomic E-state index is 0.0994. The van der Waals surface area contributed by atoms with Crippen molar-refractivity contribution in [1.29, 1.82) is 0 Å². The van der Waals surface area contributed by atoms with E-state index in [1.165, 1.54) is 36.0 Å². The minimum atomic E-state index is -0.656. The first-order valence-electron chi connectivity index (χ1n) is 8.42. The fraction of sp³-hybridized carbons (Fsp3) is 0.500. The van der Waals surface area contributed by atoms with Crippen molar-refractivity contribution in [2.75, 3.05) is 36.5 Å².